The molecule has 1 heterocycles. The van der Waals surface area contributed by atoms with Gasteiger partial charge in [-0.3, -0.25) is 4.31 Å². The molecule has 6 heteroatoms. The molecule has 0 aliphatic rings. The van der Waals surface area contributed by atoms with Gasteiger partial charge in [-0.2, -0.15) is 0 Å². The molecule has 0 radical (unpaired) electrons. The predicted molar refractivity (Wildman–Crippen MR) is 81.6 cm³/mol. The van der Waals surface area contributed by atoms with Crippen LogP contribution in [-0.4, -0.2) is 20.1 Å². The molecule has 0 aliphatic heterocycles. The highest BCUT2D eigenvalue weighted by molar-refractivity contribution is 7.94. The largest absolute Gasteiger partial charge is 0.391 e. The van der Waals surface area contributed by atoms with Crippen LogP contribution in [0.15, 0.2) is 40.6 Å². The van der Waals surface area contributed by atoms with Crippen LogP contribution in [-0.2, 0) is 16.6 Å². The predicted octanol–water partition coefficient (Wildman–Crippen LogP) is 2.76. The number of nitrogens with zero attached hydrogens (tertiary/aromatic N) is 1. The van der Waals surface area contributed by atoms with Crippen LogP contribution in [0.1, 0.15) is 17.4 Å². The summed E-state index contributed by atoms with van der Waals surface area (Å²) in [5, 5.41) is 9.08. The zero-order valence-electron chi connectivity index (χ0n) is 11.4. The van der Waals surface area contributed by atoms with Gasteiger partial charge in [0, 0.05) is 11.4 Å². The fourth-order valence-corrected chi connectivity index (χ4v) is 4.87. The van der Waals surface area contributed by atoms with Gasteiger partial charge in [0.1, 0.15) is 4.21 Å². The number of hydrogen-bond acceptors (Lipinski definition) is 4. The van der Waals surface area contributed by atoms with E-state index in [0.717, 1.165) is 16.9 Å². The number of benzene rings is 1. The van der Waals surface area contributed by atoms with E-state index in [0.29, 0.717) is 17.1 Å². The fraction of sp³-hybridized carbons (Fsp3) is 0.286. The summed E-state index contributed by atoms with van der Waals surface area (Å²) in [6, 6.07) is 10.6. The Morgan fingerprint density at radius 3 is 2.45 bits per heavy atom. The first-order chi connectivity index (χ1) is 9.50. The van der Waals surface area contributed by atoms with Gasteiger partial charge in [0.2, 0.25) is 0 Å². The molecule has 0 saturated carbocycles. The van der Waals surface area contributed by atoms with E-state index in [1.54, 1.807) is 18.2 Å². The van der Waals surface area contributed by atoms with Gasteiger partial charge in [0.05, 0.1) is 12.3 Å². The SMILES string of the molecule is CCN(c1ccccc1C)S(=O)(=O)c1ccc(CO)s1. The van der Waals surface area contributed by atoms with E-state index in [9.17, 15) is 8.42 Å². The maximum absolute atomic E-state index is 12.7. The van der Waals surface area contributed by atoms with Gasteiger partial charge in [-0.1, -0.05) is 18.2 Å². The molecule has 2 rings (SSSR count). The van der Waals surface area contributed by atoms with Crippen molar-refractivity contribution < 1.29 is 13.5 Å². The summed E-state index contributed by atoms with van der Waals surface area (Å²) in [6.07, 6.45) is 0. The Morgan fingerprint density at radius 2 is 1.90 bits per heavy atom. The molecule has 0 saturated heterocycles. The van der Waals surface area contributed by atoms with Gasteiger partial charge in [-0.05, 0) is 37.6 Å². The van der Waals surface area contributed by atoms with E-state index in [1.807, 2.05) is 32.0 Å². The molecule has 0 fully saturated rings. The van der Waals surface area contributed by atoms with Crippen LogP contribution in [0.3, 0.4) is 0 Å². The van der Waals surface area contributed by atoms with Crippen molar-refractivity contribution in [1.29, 1.82) is 0 Å². The number of anilines is 1. The molecule has 4 nitrogen and oxygen atoms in total. The van der Waals surface area contributed by atoms with Crippen LogP contribution in [0.25, 0.3) is 0 Å². The zero-order valence-corrected chi connectivity index (χ0v) is 13.0. The third-order valence-corrected chi connectivity index (χ3v) is 6.43. The fourth-order valence-electron chi connectivity index (χ4n) is 2.00. The maximum Gasteiger partial charge on any atom is 0.273 e. The van der Waals surface area contributed by atoms with Crippen molar-refractivity contribution in [3.8, 4) is 0 Å². The lowest BCUT2D eigenvalue weighted by Crippen LogP contribution is -2.30. The first-order valence-corrected chi connectivity index (χ1v) is 8.54. The first kappa shape index (κ1) is 15.0. The number of aliphatic hydroxyl groups excluding tert-OH is 1. The van der Waals surface area contributed by atoms with Crippen molar-refractivity contribution in [2.24, 2.45) is 0 Å². The maximum atomic E-state index is 12.7. The summed E-state index contributed by atoms with van der Waals surface area (Å²) in [4.78, 5) is 0.643. The lowest BCUT2D eigenvalue weighted by molar-refractivity contribution is 0.285. The molecule has 0 spiro atoms. The van der Waals surface area contributed by atoms with Crippen molar-refractivity contribution in [3.05, 3.63) is 46.8 Å². The minimum atomic E-state index is -3.58. The Labute approximate surface area is 123 Å². The average molecular weight is 311 g/mol. The topological polar surface area (TPSA) is 57.6 Å². The Bertz CT molecular complexity index is 692. The van der Waals surface area contributed by atoms with Crippen LogP contribution in [0.2, 0.25) is 0 Å². The van der Waals surface area contributed by atoms with Gasteiger partial charge in [-0.15, -0.1) is 11.3 Å². The Balaban J connectivity index is 2.48. The highest BCUT2D eigenvalue weighted by atomic mass is 32.2. The molecule has 0 amide bonds. The molecule has 1 N–H and O–H groups in total. The normalized spacial score (nSPS) is 11.6. The van der Waals surface area contributed by atoms with Crippen molar-refractivity contribution in [3.63, 3.8) is 0 Å². The third-order valence-electron chi connectivity index (χ3n) is 3.01. The molecule has 0 bridgehead atoms. The van der Waals surface area contributed by atoms with E-state index < -0.39 is 10.0 Å². The van der Waals surface area contributed by atoms with Gasteiger partial charge >= 0.3 is 0 Å². The van der Waals surface area contributed by atoms with Crippen LogP contribution < -0.4 is 4.31 Å². The van der Waals surface area contributed by atoms with Gasteiger partial charge in [0.15, 0.2) is 0 Å². The van der Waals surface area contributed by atoms with Crippen LogP contribution >= 0.6 is 11.3 Å². The Kier molecular flexibility index (Phi) is 4.47. The van der Waals surface area contributed by atoms with Crippen LogP contribution in [0.4, 0.5) is 5.69 Å². The van der Waals surface area contributed by atoms with Crippen LogP contribution in [0, 0.1) is 6.92 Å². The zero-order chi connectivity index (χ0) is 14.8. The third kappa shape index (κ3) is 2.72. The van der Waals surface area contributed by atoms with Crippen LogP contribution in [0.5, 0.6) is 0 Å². The van der Waals surface area contributed by atoms with Gasteiger partial charge in [-0.25, -0.2) is 8.42 Å². The number of aliphatic hydroxyl groups is 1. The van der Waals surface area contributed by atoms with E-state index >= 15 is 0 Å². The second-order valence-electron chi connectivity index (χ2n) is 4.34. The quantitative estimate of drug-likeness (QED) is 0.923. The molecule has 0 aliphatic carbocycles. The number of rotatable bonds is 5. The standard InChI is InChI=1S/C14H17NO3S2/c1-3-15(13-7-5-4-6-11(13)2)20(17,18)14-9-8-12(10-16)19-14/h4-9,16H,3,10H2,1-2H3. The first-order valence-electron chi connectivity index (χ1n) is 6.28. The molecule has 20 heavy (non-hydrogen) atoms. The lowest BCUT2D eigenvalue weighted by atomic mass is 10.2. The summed E-state index contributed by atoms with van der Waals surface area (Å²) < 4.78 is 27.1. The number of aryl methyl sites for hydroxylation is 1. The van der Waals surface area contributed by atoms with E-state index in [-0.39, 0.29) is 10.8 Å². The monoisotopic (exact) mass is 311 g/mol. The van der Waals surface area contributed by atoms with E-state index in [2.05, 4.69) is 0 Å². The number of para-hydroxylation sites is 1. The summed E-state index contributed by atoms with van der Waals surface area (Å²) in [5.41, 5.74) is 1.60. The highest BCUT2D eigenvalue weighted by Crippen LogP contribution is 2.30. The van der Waals surface area contributed by atoms with Crippen molar-refractivity contribution in [1.82, 2.24) is 0 Å². The number of sulfonamides is 1. The molecular formula is C14H17NO3S2. The minimum Gasteiger partial charge on any atom is -0.391 e. The number of hydrogen-bond donors (Lipinski definition) is 1. The Hall–Kier alpha value is -1.37. The summed E-state index contributed by atoms with van der Waals surface area (Å²) in [7, 11) is -3.58. The molecule has 0 atom stereocenters. The number of thiophene rings is 1. The average Bonchev–Trinajstić information content (AvgIpc) is 2.91. The minimum absolute atomic E-state index is 0.142. The summed E-state index contributed by atoms with van der Waals surface area (Å²) in [6.45, 7) is 3.92. The van der Waals surface area contributed by atoms with E-state index in [1.165, 1.54) is 4.31 Å². The van der Waals surface area contributed by atoms with Crippen molar-refractivity contribution in [2.75, 3.05) is 10.8 Å². The molecule has 108 valence electrons. The Morgan fingerprint density at radius 1 is 1.20 bits per heavy atom. The molecule has 0 unspecified atom stereocenters. The van der Waals surface area contributed by atoms with Crippen molar-refractivity contribution >= 4 is 27.0 Å². The molecule has 1 aromatic heterocycles. The molecular weight excluding hydrogens is 294 g/mol. The highest BCUT2D eigenvalue weighted by Gasteiger charge is 2.26. The van der Waals surface area contributed by atoms with Crippen molar-refractivity contribution in [2.45, 2.75) is 24.7 Å². The second-order valence-corrected chi connectivity index (χ2v) is 7.59. The summed E-state index contributed by atoms with van der Waals surface area (Å²) >= 11 is 1.10. The molecule has 2 aromatic rings. The lowest BCUT2D eigenvalue weighted by Gasteiger charge is -2.23. The second kappa shape index (κ2) is 5.95. The van der Waals surface area contributed by atoms with Gasteiger partial charge < -0.3 is 5.11 Å². The molecule has 1 aromatic carbocycles. The smallest absolute Gasteiger partial charge is 0.273 e. The van der Waals surface area contributed by atoms with E-state index in [4.69, 9.17) is 5.11 Å². The van der Waals surface area contributed by atoms with Gasteiger partial charge in [0.25, 0.3) is 10.0 Å². The summed E-state index contributed by atoms with van der Waals surface area (Å²) in [5.74, 6) is 0.